The molecule has 0 saturated heterocycles. The maximum atomic E-state index is 9.53. The van der Waals surface area contributed by atoms with Gasteiger partial charge in [0.05, 0.1) is 6.10 Å². The summed E-state index contributed by atoms with van der Waals surface area (Å²) >= 11 is 0. The summed E-state index contributed by atoms with van der Waals surface area (Å²) in [5.41, 5.74) is 2.06. The predicted octanol–water partition coefficient (Wildman–Crippen LogP) is 5.69. The molecule has 2 heteroatoms. The second-order valence-corrected chi connectivity index (χ2v) is 9.22. The monoisotopic (exact) mass is 306 g/mol. The average Bonchev–Trinajstić information content (AvgIpc) is 2.74. The highest BCUT2D eigenvalue weighted by molar-refractivity contribution is 5.18. The highest BCUT2D eigenvalue weighted by Gasteiger charge is 2.59. The Labute approximate surface area is 136 Å². The smallest absolute Gasteiger partial charge is 0.0989 e. The molecule has 0 spiro atoms. The van der Waals surface area contributed by atoms with Gasteiger partial charge in [0.1, 0.15) is 0 Å². The molecule has 3 aliphatic rings. The molecule has 0 heterocycles. The van der Waals surface area contributed by atoms with Crippen molar-refractivity contribution in [1.82, 2.24) is 0 Å². The quantitative estimate of drug-likeness (QED) is 0.403. The topological polar surface area (TPSA) is 29.5 Å². The van der Waals surface area contributed by atoms with Crippen LogP contribution in [0.1, 0.15) is 73.1 Å². The molecule has 2 nitrogen and oxygen atoms in total. The molecule has 22 heavy (non-hydrogen) atoms. The lowest BCUT2D eigenvalue weighted by atomic mass is 9.50. The fourth-order valence-corrected chi connectivity index (χ4v) is 6.45. The Bertz CT molecular complexity index is 455. The van der Waals surface area contributed by atoms with Crippen molar-refractivity contribution in [3.63, 3.8) is 0 Å². The van der Waals surface area contributed by atoms with Crippen LogP contribution in [-0.2, 0) is 4.89 Å². The number of hydrogen-bond donors (Lipinski definition) is 1. The summed E-state index contributed by atoms with van der Waals surface area (Å²) in [5, 5.41) is 9.53. The van der Waals surface area contributed by atoms with Gasteiger partial charge in [-0.3, -0.25) is 5.26 Å². The molecule has 0 bridgehead atoms. The minimum Gasteiger partial charge on any atom is -0.252 e. The molecule has 3 aliphatic carbocycles. The Morgan fingerprint density at radius 3 is 2.45 bits per heavy atom. The standard InChI is InChI=1S/C20H34O2/c1-13(2)15-7-8-16-17-12-14(3)6-9-18(22-21)20(17,5)11-10-19(15,16)4/h12-13,15-18,21H,6-11H2,1-5H3. The van der Waals surface area contributed by atoms with Crippen LogP contribution in [0.25, 0.3) is 0 Å². The first-order chi connectivity index (χ1) is 10.3. The molecule has 3 rings (SSSR count). The minimum absolute atomic E-state index is 0.00569. The summed E-state index contributed by atoms with van der Waals surface area (Å²) in [5.74, 6) is 2.95. The fraction of sp³-hybridized carbons (Fsp3) is 0.900. The van der Waals surface area contributed by atoms with Crippen molar-refractivity contribution in [2.75, 3.05) is 0 Å². The van der Waals surface area contributed by atoms with E-state index in [9.17, 15) is 5.26 Å². The predicted molar refractivity (Wildman–Crippen MR) is 90.5 cm³/mol. The van der Waals surface area contributed by atoms with Gasteiger partial charge in [0, 0.05) is 5.41 Å². The van der Waals surface area contributed by atoms with Crippen LogP contribution in [0.3, 0.4) is 0 Å². The largest absolute Gasteiger partial charge is 0.252 e. The van der Waals surface area contributed by atoms with Crippen LogP contribution < -0.4 is 0 Å². The van der Waals surface area contributed by atoms with Crippen LogP contribution in [0, 0.1) is 34.5 Å². The molecule has 0 aromatic heterocycles. The van der Waals surface area contributed by atoms with Crippen LogP contribution in [0.4, 0.5) is 0 Å². The lowest BCUT2D eigenvalue weighted by Gasteiger charge is -2.55. The normalized spacial score (nSPS) is 48.6. The summed E-state index contributed by atoms with van der Waals surface area (Å²) in [6.07, 6.45) is 9.78. The van der Waals surface area contributed by atoms with E-state index in [0.717, 1.165) is 30.6 Å². The van der Waals surface area contributed by atoms with Crippen molar-refractivity contribution in [1.29, 1.82) is 0 Å². The number of rotatable bonds is 2. The third-order valence-corrected chi connectivity index (χ3v) is 7.81. The molecule has 6 atom stereocenters. The SMILES string of the molecule is CC1=CC2C3CCC(C(C)C)C3(C)CCC2(C)C(OO)CC1. The van der Waals surface area contributed by atoms with Gasteiger partial charge in [0.25, 0.3) is 0 Å². The first-order valence-corrected chi connectivity index (χ1v) is 9.30. The molecule has 0 aromatic rings. The van der Waals surface area contributed by atoms with Crippen LogP contribution in [-0.4, -0.2) is 11.4 Å². The van der Waals surface area contributed by atoms with Crippen LogP contribution in [0.2, 0.25) is 0 Å². The molecular formula is C20H34O2. The summed E-state index contributed by atoms with van der Waals surface area (Å²) in [7, 11) is 0. The molecule has 126 valence electrons. The zero-order valence-corrected chi connectivity index (χ0v) is 15.1. The van der Waals surface area contributed by atoms with Crippen LogP contribution in [0.5, 0.6) is 0 Å². The maximum absolute atomic E-state index is 9.53. The molecule has 0 aromatic carbocycles. The number of hydrogen-bond acceptors (Lipinski definition) is 2. The van der Waals surface area contributed by atoms with E-state index >= 15 is 0 Å². The zero-order chi connectivity index (χ0) is 16.1. The maximum Gasteiger partial charge on any atom is 0.0989 e. The Balaban J connectivity index is 2.00. The van der Waals surface area contributed by atoms with Crippen molar-refractivity contribution in [3.05, 3.63) is 11.6 Å². The van der Waals surface area contributed by atoms with Crippen molar-refractivity contribution < 1.29 is 10.1 Å². The Morgan fingerprint density at radius 1 is 1.14 bits per heavy atom. The van der Waals surface area contributed by atoms with E-state index in [1.165, 1.54) is 31.3 Å². The van der Waals surface area contributed by atoms with Crippen LogP contribution >= 0.6 is 0 Å². The van der Waals surface area contributed by atoms with Crippen molar-refractivity contribution in [2.45, 2.75) is 79.2 Å². The van der Waals surface area contributed by atoms with Gasteiger partial charge in [0.15, 0.2) is 0 Å². The molecule has 1 N–H and O–H groups in total. The van der Waals surface area contributed by atoms with Gasteiger partial charge in [-0.1, -0.05) is 39.3 Å². The third-order valence-electron chi connectivity index (χ3n) is 7.81. The molecule has 0 radical (unpaired) electrons. The van der Waals surface area contributed by atoms with Crippen molar-refractivity contribution in [2.24, 2.45) is 34.5 Å². The van der Waals surface area contributed by atoms with E-state index in [2.05, 4.69) is 40.7 Å². The third kappa shape index (κ3) is 2.29. The fourth-order valence-electron chi connectivity index (χ4n) is 6.45. The van der Waals surface area contributed by atoms with E-state index in [1.54, 1.807) is 0 Å². The highest BCUT2D eigenvalue weighted by atomic mass is 17.1. The van der Waals surface area contributed by atoms with Gasteiger partial charge in [0.2, 0.25) is 0 Å². The first-order valence-electron chi connectivity index (χ1n) is 9.30. The first kappa shape index (κ1) is 16.5. The van der Waals surface area contributed by atoms with Gasteiger partial charge in [-0.25, -0.2) is 4.89 Å². The van der Waals surface area contributed by atoms with Crippen molar-refractivity contribution >= 4 is 0 Å². The number of fused-ring (bicyclic) bond motifs is 3. The van der Waals surface area contributed by atoms with E-state index < -0.39 is 0 Å². The Kier molecular flexibility index (Phi) is 4.23. The van der Waals surface area contributed by atoms with Gasteiger partial charge in [-0.15, -0.1) is 0 Å². The van der Waals surface area contributed by atoms with E-state index in [4.69, 9.17) is 4.89 Å². The average molecular weight is 306 g/mol. The zero-order valence-electron chi connectivity index (χ0n) is 15.1. The van der Waals surface area contributed by atoms with Crippen molar-refractivity contribution in [3.8, 4) is 0 Å². The molecular weight excluding hydrogens is 272 g/mol. The molecule has 2 saturated carbocycles. The second-order valence-electron chi connectivity index (χ2n) is 9.22. The molecule has 6 unspecified atom stereocenters. The summed E-state index contributed by atoms with van der Waals surface area (Å²) in [4.78, 5) is 5.01. The van der Waals surface area contributed by atoms with Gasteiger partial charge in [-0.2, -0.15) is 0 Å². The summed E-state index contributed by atoms with van der Waals surface area (Å²) in [6.45, 7) is 12.0. The minimum atomic E-state index is -0.00569. The Morgan fingerprint density at radius 2 is 1.82 bits per heavy atom. The van der Waals surface area contributed by atoms with Gasteiger partial charge >= 0.3 is 0 Å². The van der Waals surface area contributed by atoms with Gasteiger partial charge < -0.3 is 0 Å². The second kappa shape index (κ2) is 5.63. The Hall–Kier alpha value is -0.340. The van der Waals surface area contributed by atoms with E-state index in [-0.39, 0.29) is 11.5 Å². The lowest BCUT2D eigenvalue weighted by Crippen LogP contribution is -2.51. The molecule has 2 fully saturated rings. The van der Waals surface area contributed by atoms with E-state index in [0.29, 0.717) is 11.3 Å². The number of allylic oxidation sites excluding steroid dienone is 2. The lowest BCUT2D eigenvalue weighted by molar-refractivity contribution is -0.314. The highest BCUT2D eigenvalue weighted by Crippen LogP contribution is 2.65. The summed E-state index contributed by atoms with van der Waals surface area (Å²) in [6, 6.07) is 0. The summed E-state index contributed by atoms with van der Waals surface area (Å²) < 4.78 is 0. The molecule has 0 amide bonds. The van der Waals surface area contributed by atoms with Gasteiger partial charge in [-0.05, 0) is 74.5 Å². The van der Waals surface area contributed by atoms with Crippen LogP contribution in [0.15, 0.2) is 11.6 Å². The molecule has 0 aliphatic heterocycles. The van der Waals surface area contributed by atoms with E-state index in [1.807, 2.05) is 0 Å².